The van der Waals surface area contributed by atoms with Crippen molar-refractivity contribution in [3.8, 4) is 0 Å². The molecule has 1 aromatic heterocycles. The molecule has 0 radical (unpaired) electrons. The molecule has 1 aliphatic rings. The van der Waals surface area contributed by atoms with E-state index in [4.69, 9.17) is 0 Å². The monoisotopic (exact) mass is 321 g/mol. The van der Waals surface area contributed by atoms with Gasteiger partial charge in [-0.05, 0) is 51.9 Å². The minimum absolute atomic E-state index is 0.223. The van der Waals surface area contributed by atoms with E-state index in [0.29, 0.717) is 5.92 Å². The minimum atomic E-state index is 0.223. The zero-order chi connectivity index (χ0) is 13.6. The molecule has 0 spiro atoms. The second kappa shape index (κ2) is 4.95. The first-order chi connectivity index (χ1) is 9.11. The minimum Gasteiger partial charge on any atom is -0.396 e. The molecular formula is C16H20BrNO. The van der Waals surface area contributed by atoms with Gasteiger partial charge >= 0.3 is 0 Å². The Kier molecular flexibility index (Phi) is 3.44. The van der Waals surface area contributed by atoms with E-state index in [0.717, 1.165) is 13.0 Å². The molecule has 0 amide bonds. The van der Waals surface area contributed by atoms with E-state index < -0.39 is 0 Å². The van der Waals surface area contributed by atoms with Crippen LogP contribution in [0.25, 0.3) is 10.9 Å². The Balaban J connectivity index is 2.21. The van der Waals surface area contributed by atoms with Gasteiger partial charge in [-0.1, -0.05) is 19.9 Å². The highest BCUT2D eigenvalue weighted by Crippen LogP contribution is 2.36. The van der Waals surface area contributed by atoms with Gasteiger partial charge in [-0.2, -0.15) is 0 Å². The van der Waals surface area contributed by atoms with Crippen molar-refractivity contribution >= 4 is 26.8 Å². The summed E-state index contributed by atoms with van der Waals surface area (Å²) in [7, 11) is 0. The summed E-state index contributed by atoms with van der Waals surface area (Å²) in [6, 6.07) is 4.57. The summed E-state index contributed by atoms with van der Waals surface area (Å²) in [5.74, 6) is 0.692. The molecule has 0 saturated carbocycles. The number of aromatic nitrogens is 1. The van der Waals surface area contributed by atoms with Crippen LogP contribution < -0.4 is 0 Å². The fraction of sp³-hybridized carbons (Fsp3) is 0.500. The zero-order valence-electron chi connectivity index (χ0n) is 11.5. The second-order valence-electron chi connectivity index (χ2n) is 5.88. The van der Waals surface area contributed by atoms with E-state index >= 15 is 0 Å². The van der Waals surface area contributed by atoms with Gasteiger partial charge in [0.15, 0.2) is 0 Å². The number of aliphatic hydroxyl groups excluding tert-OH is 1. The molecule has 3 heteroatoms. The van der Waals surface area contributed by atoms with Crippen molar-refractivity contribution in [2.24, 2.45) is 5.92 Å². The summed E-state index contributed by atoms with van der Waals surface area (Å²) in [4.78, 5) is 0. The third kappa shape index (κ3) is 2.13. The van der Waals surface area contributed by atoms with Gasteiger partial charge in [-0.25, -0.2) is 0 Å². The smallest absolute Gasteiger partial charge is 0.0524 e. The van der Waals surface area contributed by atoms with Crippen LogP contribution in [0.2, 0.25) is 0 Å². The first-order valence-electron chi connectivity index (χ1n) is 7.04. The summed E-state index contributed by atoms with van der Waals surface area (Å²) in [5, 5.41) is 11.0. The molecule has 1 unspecified atom stereocenters. The standard InChI is InChI=1S/C16H20BrNO/c1-10(2)14(9-19)12-6-11-4-3-5-18-8-15(17)13(7-12)16(11)18/h6-8,10,14,19H,3-5,9H2,1-2H3. The van der Waals surface area contributed by atoms with Crippen molar-refractivity contribution in [2.45, 2.75) is 39.2 Å². The third-order valence-electron chi connectivity index (χ3n) is 4.30. The molecule has 102 valence electrons. The number of nitrogens with zero attached hydrogens (tertiary/aromatic N) is 1. The first kappa shape index (κ1) is 13.2. The Morgan fingerprint density at radius 1 is 1.37 bits per heavy atom. The number of halogens is 1. The SMILES string of the molecule is CC(C)C(CO)c1cc2c3c(c1)c(Br)cn3CCC2. The number of aliphatic hydroxyl groups is 1. The van der Waals surface area contributed by atoms with Crippen molar-refractivity contribution in [3.05, 3.63) is 33.9 Å². The fourth-order valence-electron chi connectivity index (χ4n) is 3.23. The third-order valence-corrected chi connectivity index (χ3v) is 4.93. The van der Waals surface area contributed by atoms with Crippen LogP contribution in [0.15, 0.2) is 22.8 Å². The number of hydrogen-bond donors (Lipinski definition) is 1. The average molecular weight is 322 g/mol. The van der Waals surface area contributed by atoms with Crippen LogP contribution >= 0.6 is 15.9 Å². The lowest BCUT2D eigenvalue weighted by atomic mass is 9.86. The molecule has 1 N–H and O–H groups in total. The topological polar surface area (TPSA) is 25.2 Å². The molecule has 1 aromatic carbocycles. The normalized spacial score (nSPS) is 16.3. The highest BCUT2D eigenvalue weighted by Gasteiger charge is 2.21. The Hall–Kier alpha value is -0.800. The van der Waals surface area contributed by atoms with E-state index in [-0.39, 0.29) is 12.5 Å². The predicted octanol–water partition coefficient (Wildman–Crippen LogP) is 4.08. The van der Waals surface area contributed by atoms with Crippen LogP contribution in [0.5, 0.6) is 0 Å². The van der Waals surface area contributed by atoms with Crippen molar-refractivity contribution in [1.29, 1.82) is 0 Å². The summed E-state index contributed by atoms with van der Waals surface area (Å²) in [5.41, 5.74) is 4.09. The molecule has 0 aliphatic carbocycles. The van der Waals surface area contributed by atoms with Gasteiger partial charge in [0.1, 0.15) is 0 Å². The number of rotatable bonds is 3. The van der Waals surface area contributed by atoms with E-state index in [1.54, 1.807) is 0 Å². The highest BCUT2D eigenvalue weighted by atomic mass is 79.9. The van der Waals surface area contributed by atoms with Crippen molar-refractivity contribution < 1.29 is 5.11 Å². The molecule has 0 fully saturated rings. The predicted molar refractivity (Wildman–Crippen MR) is 82.6 cm³/mol. The molecule has 1 aliphatic heterocycles. The Bertz CT molecular complexity index is 615. The lowest BCUT2D eigenvalue weighted by molar-refractivity contribution is 0.237. The Morgan fingerprint density at radius 3 is 2.84 bits per heavy atom. The van der Waals surface area contributed by atoms with Gasteiger partial charge in [-0.3, -0.25) is 0 Å². The molecule has 3 rings (SSSR count). The van der Waals surface area contributed by atoms with Gasteiger partial charge in [-0.15, -0.1) is 0 Å². The molecule has 2 heterocycles. The van der Waals surface area contributed by atoms with Crippen LogP contribution in [0.4, 0.5) is 0 Å². The van der Waals surface area contributed by atoms with Crippen LogP contribution in [-0.4, -0.2) is 16.3 Å². The molecule has 2 aromatic rings. The number of aryl methyl sites for hydroxylation is 2. The molecular weight excluding hydrogens is 302 g/mol. The molecule has 0 bridgehead atoms. The van der Waals surface area contributed by atoms with E-state index in [9.17, 15) is 5.11 Å². The summed E-state index contributed by atoms with van der Waals surface area (Å²) in [6.45, 7) is 5.69. The van der Waals surface area contributed by atoms with Crippen LogP contribution in [-0.2, 0) is 13.0 Å². The molecule has 1 atom stereocenters. The van der Waals surface area contributed by atoms with Gasteiger partial charge in [0.2, 0.25) is 0 Å². The molecule has 19 heavy (non-hydrogen) atoms. The molecule has 0 saturated heterocycles. The molecule has 2 nitrogen and oxygen atoms in total. The van der Waals surface area contributed by atoms with Crippen molar-refractivity contribution in [1.82, 2.24) is 4.57 Å². The van der Waals surface area contributed by atoms with Crippen LogP contribution in [0.3, 0.4) is 0 Å². The van der Waals surface area contributed by atoms with Gasteiger partial charge < -0.3 is 9.67 Å². The fourth-order valence-corrected chi connectivity index (χ4v) is 3.78. The Morgan fingerprint density at radius 2 is 2.16 bits per heavy atom. The zero-order valence-corrected chi connectivity index (χ0v) is 13.1. The lowest BCUT2D eigenvalue weighted by Gasteiger charge is -2.22. The van der Waals surface area contributed by atoms with Gasteiger partial charge in [0.25, 0.3) is 0 Å². The number of hydrogen-bond acceptors (Lipinski definition) is 1. The second-order valence-corrected chi connectivity index (χ2v) is 6.74. The van der Waals surface area contributed by atoms with Crippen molar-refractivity contribution in [2.75, 3.05) is 6.61 Å². The average Bonchev–Trinajstić information content (AvgIpc) is 2.68. The Labute approximate surface area is 122 Å². The summed E-state index contributed by atoms with van der Waals surface area (Å²) in [6.07, 6.45) is 4.55. The van der Waals surface area contributed by atoms with Crippen molar-refractivity contribution in [3.63, 3.8) is 0 Å². The summed E-state index contributed by atoms with van der Waals surface area (Å²) >= 11 is 3.68. The van der Waals surface area contributed by atoms with E-state index in [1.165, 1.54) is 32.9 Å². The first-order valence-corrected chi connectivity index (χ1v) is 7.83. The highest BCUT2D eigenvalue weighted by molar-refractivity contribution is 9.10. The maximum Gasteiger partial charge on any atom is 0.0524 e. The van der Waals surface area contributed by atoms with Gasteiger partial charge in [0.05, 0.1) is 12.1 Å². The van der Waals surface area contributed by atoms with Crippen LogP contribution in [0.1, 0.15) is 37.3 Å². The van der Waals surface area contributed by atoms with E-state index in [2.05, 4.69) is 52.7 Å². The summed E-state index contributed by atoms with van der Waals surface area (Å²) < 4.78 is 3.53. The maximum absolute atomic E-state index is 9.66. The van der Waals surface area contributed by atoms with Gasteiger partial charge in [0, 0.05) is 28.5 Å². The number of benzene rings is 1. The van der Waals surface area contributed by atoms with Crippen LogP contribution in [0, 0.1) is 5.92 Å². The lowest BCUT2D eigenvalue weighted by Crippen LogP contribution is -2.13. The quantitative estimate of drug-likeness (QED) is 0.905. The largest absolute Gasteiger partial charge is 0.396 e. The maximum atomic E-state index is 9.66. The van der Waals surface area contributed by atoms with E-state index in [1.807, 2.05) is 0 Å².